The third-order valence-electron chi connectivity index (χ3n) is 5.95. The lowest BCUT2D eigenvalue weighted by molar-refractivity contribution is -0.139. The highest BCUT2D eigenvalue weighted by Crippen LogP contribution is 2.41. The number of fused-ring (bicyclic) bond motifs is 1. The van der Waals surface area contributed by atoms with Crippen LogP contribution in [-0.4, -0.2) is 30.7 Å². The lowest BCUT2D eigenvalue weighted by Gasteiger charge is -2.15. The molecular formula is C27H32N2O3S. The normalized spacial score (nSPS) is 15.0. The number of aromatic nitrogens is 1. The van der Waals surface area contributed by atoms with Crippen LogP contribution in [0.5, 0.6) is 5.75 Å². The number of esters is 1. The lowest BCUT2D eigenvalue weighted by atomic mass is 10.0. The van der Waals surface area contributed by atoms with E-state index in [1.165, 1.54) is 34.2 Å². The van der Waals surface area contributed by atoms with Gasteiger partial charge >= 0.3 is 5.97 Å². The number of thiazole rings is 1. The van der Waals surface area contributed by atoms with Gasteiger partial charge in [-0.25, -0.2) is 4.98 Å². The average Bonchev–Trinajstić information content (AvgIpc) is 3.46. The highest BCUT2D eigenvalue weighted by Gasteiger charge is 2.26. The number of benzene rings is 2. The molecule has 0 amide bonds. The number of hydrogen-bond acceptors (Lipinski definition) is 6. The van der Waals surface area contributed by atoms with Gasteiger partial charge < -0.3 is 14.8 Å². The highest BCUT2D eigenvalue weighted by molar-refractivity contribution is 7.18. The third-order valence-corrected chi connectivity index (χ3v) is 7.03. The SMILES string of the molecule is CCCc1cc(-c2ncc(-c3cccc4c3CC[C@@H]4NCC(=O)OC)s2)ccc1OC(C)C. The Morgan fingerprint density at radius 1 is 1.27 bits per heavy atom. The number of nitrogens with one attached hydrogen (secondary N) is 1. The monoisotopic (exact) mass is 464 g/mol. The molecule has 3 aromatic rings. The molecule has 4 rings (SSSR count). The van der Waals surface area contributed by atoms with Gasteiger partial charge in [0.15, 0.2) is 0 Å². The molecular weight excluding hydrogens is 432 g/mol. The molecule has 1 aliphatic carbocycles. The molecule has 1 heterocycles. The number of rotatable bonds is 9. The van der Waals surface area contributed by atoms with Crippen LogP contribution in [0.2, 0.25) is 0 Å². The zero-order chi connectivity index (χ0) is 23.4. The zero-order valence-corrected chi connectivity index (χ0v) is 20.6. The molecule has 6 heteroatoms. The number of carbonyl (C=O) groups is 1. The van der Waals surface area contributed by atoms with Crippen molar-refractivity contribution >= 4 is 17.3 Å². The van der Waals surface area contributed by atoms with Crippen molar-refractivity contribution in [3.63, 3.8) is 0 Å². The summed E-state index contributed by atoms with van der Waals surface area (Å²) < 4.78 is 10.8. The minimum Gasteiger partial charge on any atom is -0.491 e. The molecule has 1 aliphatic rings. The molecule has 1 atom stereocenters. The van der Waals surface area contributed by atoms with E-state index in [1.54, 1.807) is 11.3 Å². The number of aryl methyl sites for hydroxylation is 1. The van der Waals surface area contributed by atoms with E-state index in [2.05, 4.69) is 62.5 Å². The summed E-state index contributed by atoms with van der Waals surface area (Å²) in [6.45, 7) is 6.54. The quantitative estimate of drug-likeness (QED) is 0.396. The molecule has 0 bridgehead atoms. The second-order valence-electron chi connectivity index (χ2n) is 8.69. The van der Waals surface area contributed by atoms with Crippen LogP contribution in [-0.2, 0) is 22.4 Å². The summed E-state index contributed by atoms with van der Waals surface area (Å²) in [4.78, 5) is 17.5. The topological polar surface area (TPSA) is 60.5 Å². The van der Waals surface area contributed by atoms with Crippen LogP contribution >= 0.6 is 11.3 Å². The van der Waals surface area contributed by atoms with Crippen molar-refractivity contribution in [1.29, 1.82) is 0 Å². The fraction of sp³-hybridized carbons (Fsp3) is 0.407. The number of carbonyl (C=O) groups excluding carboxylic acids is 1. The Hall–Kier alpha value is -2.70. The van der Waals surface area contributed by atoms with Crippen LogP contribution < -0.4 is 10.1 Å². The summed E-state index contributed by atoms with van der Waals surface area (Å²) in [6, 6.07) is 13.0. The van der Waals surface area contributed by atoms with E-state index in [0.29, 0.717) is 0 Å². The fourth-order valence-electron chi connectivity index (χ4n) is 4.45. The van der Waals surface area contributed by atoms with Gasteiger partial charge in [0.2, 0.25) is 0 Å². The second-order valence-corrected chi connectivity index (χ2v) is 9.72. The van der Waals surface area contributed by atoms with Gasteiger partial charge in [0.05, 0.1) is 24.6 Å². The molecule has 1 N–H and O–H groups in total. The standard InChI is InChI=1S/C27H32N2O3S/c1-5-7-18-14-19(10-13-24(18)32-17(2)3)27-29-15-25(33-27)22-9-6-8-21-20(22)11-12-23(21)28-16-26(30)31-4/h6,8-10,13-15,17,23,28H,5,7,11-12,16H2,1-4H3/t23-/m0/s1. The summed E-state index contributed by atoms with van der Waals surface area (Å²) in [5, 5.41) is 4.36. The average molecular weight is 465 g/mol. The maximum Gasteiger partial charge on any atom is 0.319 e. The van der Waals surface area contributed by atoms with Gasteiger partial charge in [0, 0.05) is 17.8 Å². The molecule has 0 saturated carbocycles. The van der Waals surface area contributed by atoms with Gasteiger partial charge in [-0.3, -0.25) is 4.79 Å². The van der Waals surface area contributed by atoms with Crippen molar-refractivity contribution in [1.82, 2.24) is 10.3 Å². The summed E-state index contributed by atoms with van der Waals surface area (Å²) in [5.41, 5.74) is 6.23. The number of nitrogens with zero attached hydrogens (tertiary/aromatic N) is 1. The molecule has 2 aromatic carbocycles. The first-order valence-electron chi connectivity index (χ1n) is 11.7. The van der Waals surface area contributed by atoms with Crippen molar-refractivity contribution in [3.05, 3.63) is 59.3 Å². The fourth-order valence-corrected chi connectivity index (χ4v) is 5.42. The summed E-state index contributed by atoms with van der Waals surface area (Å²) in [6.07, 6.45) is 6.17. The Morgan fingerprint density at radius 3 is 2.88 bits per heavy atom. The first-order valence-corrected chi connectivity index (χ1v) is 12.5. The number of ether oxygens (including phenoxy) is 2. The lowest BCUT2D eigenvalue weighted by Crippen LogP contribution is -2.27. The summed E-state index contributed by atoms with van der Waals surface area (Å²) >= 11 is 1.73. The smallest absolute Gasteiger partial charge is 0.319 e. The minimum absolute atomic E-state index is 0.157. The molecule has 5 nitrogen and oxygen atoms in total. The van der Waals surface area contributed by atoms with Crippen molar-refractivity contribution in [3.8, 4) is 26.8 Å². The summed E-state index contributed by atoms with van der Waals surface area (Å²) in [7, 11) is 1.42. The molecule has 0 fully saturated rings. The molecule has 1 aromatic heterocycles. The molecule has 174 valence electrons. The predicted molar refractivity (Wildman–Crippen MR) is 134 cm³/mol. The largest absolute Gasteiger partial charge is 0.491 e. The molecule has 0 spiro atoms. The van der Waals surface area contributed by atoms with Crippen LogP contribution in [0.1, 0.15) is 56.3 Å². The van der Waals surface area contributed by atoms with Crippen molar-refractivity contribution < 1.29 is 14.3 Å². The molecule has 0 radical (unpaired) electrons. The third kappa shape index (κ3) is 5.28. The van der Waals surface area contributed by atoms with E-state index in [-0.39, 0.29) is 24.7 Å². The van der Waals surface area contributed by atoms with Crippen LogP contribution in [0.15, 0.2) is 42.6 Å². The summed E-state index contributed by atoms with van der Waals surface area (Å²) in [5.74, 6) is 0.734. The molecule has 0 unspecified atom stereocenters. The Balaban J connectivity index is 1.59. The van der Waals surface area contributed by atoms with Gasteiger partial charge in [0.25, 0.3) is 0 Å². The first-order chi connectivity index (χ1) is 16.0. The van der Waals surface area contributed by atoms with E-state index in [1.807, 2.05) is 6.20 Å². The van der Waals surface area contributed by atoms with Gasteiger partial charge in [-0.1, -0.05) is 31.5 Å². The minimum atomic E-state index is -0.237. The van der Waals surface area contributed by atoms with Crippen LogP contribution in [0.25, 0.3) is 21.0 Å². The Morgan fingerprint density at radius 2 is 2.12 bits per heavy atom. The molecule has 0 aliphatic heterocycles. The predicted octanol–water partition coefficient (Wildman–Crippen LogP) is 5.97. The van der Waals surface area contributed by atoms with Gasteiger partial charge in [0.1, 0.15) is 10.8 Å². The first kappa shape index (κ1) is 23.5. The van der Waals surface area contributed by atoms with E-state index in [4.69, 9.17) is 14.5 Å². The van der Waals surface area contributed by atoms with E-state index >= 15 is 0 Å². The zero-order valence-electron chi connectivity index (χ0n) is 19.8. The van der Waals surface area contributed by atoms with Crippen LogP contribution in [0.3, 0.4) is 0 Å². The number of hydrogen-bond donors (Lipinski definition) is 1. The Kier molecular flexibility index (Phi) is 7.46. The highest BCUT2D eigenvalue weighted by atomic mass is 32.1. The van der Waals surface area contributed by atoms with Crippen molar-refractivity contribution in [2.24, 2.45) is 0 Å². The van der Waals surface area contributed by atoms with Crippen molar-refractivity contribution in [2.75, 3.05) is 13.7 Å². The number of methoxy groups -OCH3 is 1. The van der Waals surface area contributed by atoms with E-state index in [9.17, 15) is 4.79 Å². The molecule has 33 heavy (non-hydrogen) atoms. The Labute approximate surface area is 200 Å². The van der Waals surface area contributed by atoms with E-state index < -0.39 is 0 Å². The van der Waals surface area contributed by atoms with Gasteiger partial charge in [-0.2, -0.15) is 0 Å². The maximum atomic E-state index is 11.5. The second kappa shape index (κ2) is 10.5. The van der Waals surface area contributed by atoms with E-state index in [0.717, 1.165) is 42.0 Å². The van der Waals surface area contributed by atoms with Gasteiger partial charge in [-0.15, -0.1) is 11.3 Å². The maximum absolute atomic E-state index is 11.5. The van der Waals surface area contributed by atoms with Crippen molar-refractivity contribution in [2.45, 2.75) is 58.6 Å². The van der Waals surface area contributed by atoms with Crippen LogP contribution in [0, 0.1) is 0 Å². The van der Waals surface area contributed by atoms with Gasteiger partial charge in [-0.05, 0) is 73.6 Å². The molecule has 0 saturated heterocycles. The van der Waals surface area contributed by atoms with Crippen LogP contribution in [0.4, 0.5) is 0 Å². The Bertz CT molecular complexity index is 1120.